The van der Waals surface area contributed by atoms with Gasteiger partial charge < -0.3 is 4.42 Å². The zero-order valence-electron chi connectivity index (χ0n) is 19.9. The summed E-state index contributed by atoms with van der Waals surface area (Å²) in [7, 11) is -3.31. The zero-order valence-corrected chi connectivity index (χ0v) is 20.7. The first-order valence-corrected chi connectivity index (χ1v) is 14.0. The fourth-order valence-electron chi connectivity index (χ4n) is 5.13. The van der Waals surface area contributed by atoms with E-state index in [1.54, 1.807) is 6.07 Å². The van der Waals surface area contributed by atoms with Crippen molar-refractivity contribution in [1.29, 1.82) is 0 Å². The van der Waals surface area contributed by atoms with Gasteiger partial charge in [0.05, 0.1) is 6.26 Å². The van der Waals surface area contributed by atoms with Gasteiger partial charge in [-0.3, -0.25) is 4.72 Å². The predicted octanol–water partition coefficient (Wildman–Crippen LogP) is 6.90. The zero-order chi connectivity index (χ0) is 24.3. The summed E-state index contributed by atoms with van der Waals surface area (Å²) in [5.41, 5.74) is 4.68. The molecule has 4 aromatic rings. The molecule has 0 spiro atoms. The Kier molecular flexibility index (Phi) is 6.73. The lowest BCUT2D eigenvalue weighted by Gasteiger charge is -2.29. The maximum absolute atomic E-state index is 11.7. The van der Waals surface area contributed by atoms with Crippen LogP contribution in [0.3, 0.4) is 0 Å². The summed E-state index contributed by atoms with van der Waals surface area (Å²) in [4.78, 5) is 5.08. The average Bonchev–Trinajstić information content (AvgIpc) is 3.30. The van der Waals surface area contributed by atoms with Crippen molar-refractivity contribution in [3.63, 3.8) is 0 Å². The Morgan fingerprint density at radius 3 is 2.29 bits per heavy atom. The lowest BCUT2D eigenvalue weighted by Crippen LogP contribution is -2.20. The SMILES string of the molecule is CS(=O)(=O)Nc1cccc(C[C@@H]2CCCCC2c2nc(-c3ccccc3)c(-c3ccccc3)o2)c1. The van der Waals surface area contributed by atoms with E-state index in [1.165, 1.54) is 12.7 Å². The maximum atomic E-state index is 11.7. The maximum Gasteiger partial charge on any atom is 0.229 e. The van der Waals surface area contributed by atoms with Gasteiger partial charge in [0.2, 0.25) is 10.0 Å². The first kappa shape index (κ1) is 23.4. The molecule has 0 radical (unpaired) electrons. The number of benzene rings is 3. The molecule has 0 bridgehead atoms. The number of hydrogen-bond acceptors (Lipinski definition) is 4. The molecule has 1 heterocycles. The summed E-state index contributed by atoms with van der Waals surface area (Å²) < 4.78 is 32.5. The molecule has 1 aliphatic carbocycles. The number of anilines is 1. The van der Waals surface area contributed by atoms with Crippen LogP contribution in [0.15, 0.2) is 89.3 Å². The molecular formula is C29H30N2O3S. The van der Waals surface area contributed by atoms with E-state index in [1.807, 2.05) is 48.5 Å². The molecule has 1 unspecified atom stereocenters. The number of oxazole rings is 1. The third kappa shape index (κ3) is 5.65. The van der Waals surface area contributed by atoms with Crippen LogP contribution >= 0.6 is 0 Å². The van der Waals surface area contributed by atoms with Crippen molar-refractivity contribution in [1.82, 2.24) is 4.98 Å². The van der Waals surface area contributed by atoms with Crippen LogP contribution in [0.2, 0.25) is 0 Å². The highest BCUT2D eigenvalue weighted by molar-refractivity contribution is 7.92. The minimum absolute atomic E-state index is 0.218. The number of sulfonamides is 1. The van der Waals surface area contributed by atoms with Gasteiger partial charge in [-0.2, -0.15) is 0 Å². The van der Waals surface area contributed by atoms with Crippen LogP contribution in [-0.4, -0.2) is 19.7 Å². The second-order valence-corrected chi connectivity index (χ2v) is 11.1. The van der Waals surface area contributed by atoms with E-state index in [-0.39, 0.29) is 5.92 Å². The van der Waals surface area contributed by atoms with Crippen molar-refractivity contribution in [3.8, 4) is 22.6 Å². The van der Waals surface area contributed by atoms with Crippen molar-refractivity contribution in [2.75, 3.05) is 11.0 Å². The van der Waals surface area contributed by atoms with Crippen molar-refractivity contribution in [2.24, 2.45) is 5.92 Å². The average molecular weight is 487 g/mol. The van der Waals surface area contributed by atoms with Crippen LogP contribution in [0.25, 0.3) is 22.6 Å². The molecule has 0 saturated heterocycles. The Hall–Kier alpha value is -3.38. The van der Waals surface area contributed by atoms with Gasteiger partial charge in [-0.15, -0.1) is 0 Å². The van der Waals surface area contributed by atoms with E-state index < -0.39 is 10.0 Å². The molecule has 5 rings (SSSR count). The van der Waals surface area contributed by atoms with Gasteiger partial charge >= 0.3 is 0 Å². The molecule has 35 heavy (non-hydrogen) atoms. The number of rotatable bonds is 7. The normalized spacial score (nSPS) is 18.3. The first-order chi connectivity index (χ1) is 17.0. The summed E-state index contributed by atoms with van der Waals surface area (Å²) in [6.45, 7) is 0. The quantitative estimate of drug-likeness (QED) is 0.308. The molecule has 1 aliphatic rings. The second-order valence-electron chi connectivity index (χ2n) is 9.39. The Labute approximate surface area is 207 Å². The topological polar surface area (TPSA) is 72.2 Å². The summed E-state index contributed by atoms with van der Waals surface area (Å²) in [5, 5.41) is 0. The van der Waals surface area contributed by atoms with Crippen LogP contribution in [0, 0.1) is 5.92 Å². The number of aromatic nitrogens is 1. The molecule has 2 atom stereocenters. The van der Waals surface area contributed by atoms with Crippen molar-refractivity contribution < 1.29 is 12.8 Å². The monoisotopic (exact) mass is 486 g/mol. The van der Waals surface area contributed by atoms with Gasteiger partial charge in [0, 0.05) is 22.7 Å². The molecular weight excluding hydrogens is 456 g/mol. The van der Waals surface area contributed by atoms with Crippen molar-refractivity contribution in [2.45, 2.75) is 38.0 Å². The van der Waals surface area contributed by atoms with Gasteiger partial charge in [0.1, 0.15) is 5.69 Å². The molecule has 1 N–H and O–H groups in total. The van der Waals surface area contributed by atoms with Crippen LogP contribution in [0.4, 0.5) is 5.69 Å². The Morgan fingerprint density at radius 1 is 0.886 bits per heavy atom. The third-order valence-electron chi connectivity index (χ3n) is 6.68. The second kappa shape index (κ2) is 10.1. The summed E-state index contributed by atoms with van der Waals surface area (Å²) in [6, 6.07) is 28.1. The highest BCUT2D eigenvalue weighted by atomic mass is 32.2. The van der Waals surface area contributed by atoms with E-state index in [2.05, 4.69) is 35.1 Å². The first-order valence-electron chi connectivity index (χ1n) is 12.1. The molecule has 6 heteroatoms. The molecule has 0 aliphatic heterocycles. The van der Waals surface area contributed by atoms with Crippen LogP contribution < -0.4 is 4.72 Å². The Bertz CT molecular complexity index is 1320. The smallest absolute Gasteiger partial charge is 0.229 e. The standard InChI is InChI=1S/C29H30N2O3S/c1-35(32,33)31-25-17-10-11-21(20-25)19-24-16-8-9-18-26(24)29-30-27(22-12-4-2-5-13-22)28(34-29)23-14-6-3-7-15-23/h2-7,10-15,17,20,24,26,31H,8-9,16,18-19H2,1H3/t24-,26?/m0/s1. The summed E-state index contributed by atoms with van der Waals surface area (Å²) in [5.74, 6) is 2.21. The summed E-state index contributed by atoms with van der Waals surface area (Å²) >= 11 is 0. The van der Waals surface area contributed by atoms with E-state index in [0.29, 0.717) is 11.6 Å². The van der Waals surface area contributed by atoms with E-state index in [0.717, 1.165) is 59.7 Å². The van der Waals surface area contributed by atoms with E-state index in [4.69, 9.17) is 9.40 Å². The van der Waals surface area contributed by atoms with Gasteiger partial charge in [-0.05, 0) is 42.9 Å². The molecule has 5 nitrogen and oxygen atoms in total. The Morgan fingerprint density at radius 2 is 1.57 bits per heavy atom. The highest BCUT2D eigenvalue weighted by Crippen LogP contribution is 2.43. The van der Waals surface area contributed by atoms with E-state index in [9.17, 15) is 8.42 Å². The molecule has 180 valence electrons. The van der Waals surface area contributed by atoms with E-state index >= 15 is 0 Å². The highest BCUT2D eigenvalue weighted by Gasteiger charge is 2.32. The van der Waals surface area contributed by atoms with Gasteiger partial charge in [-0.25, -0.2) is 13.4 Å². The fourth-order valence-corrected chi connectivity index (χ4v) is 5.68. The number of hydrogen-bond donors (Lipinski definition) is 1. The van der Waals surface area contributed by atoms with Crippen LogP contribution in [0.5, 0.6) is 0 Å². The predicted molar refractivity (Wildman–Crippen MR) is 141 cm³/mol. The largest absolute Gasteiger partial charge is 0.440 e. The molecule has 0 amide bonds. The molecule has 1 aromatic heterocycles. The van der Waals surface area contributed by atoms with Gasteiger partial charge in [-0.1, -0.05) is 85.6 Å². The van der Waals surface area contributed by atoms with Gasteiger partial charge in [0.15, 0.2) is 11.7 Å². The molecule has 3 aromatic carbocycles. The number of nitrogens with zero attached hydrogens (tertiary/aromatic N) is 1. The van der Waals surface area contributed by atoms with Crippen molar-refractivity contribution >= 4 is 15.7 Å². The minimum Gasteiger partial charge on any atom is -0.440 e. The minimum atomic E-state index is -3.31. The summed E-state index contributed by atoms with van der Waals surface area (Å²) in [6.07, 6.45) is 6.50. The van der Waals surface area contributed by atoms with Crippen LogP contribution in [-0.2, 0) is 16.4 Å². The van der Waals surface area contributed by atoms with Crippen molar-refractivity contribution in [3.05, 3.63) is 96.4 Å². The molecule has 1 saturated carbocycles. The van der Waals surface area contributed by atoms with Crippen LogP contribution in [0.1, 0.15) is 43.1 Å². The fraction of sp³-hybridized carbons (Fsp3) is 0.276. The lowest BCUT2D eigenvalue weighted by molar-refractivity contribution is 0.265. The van der Waals surface area contributed by atoms with Gasteiger partial charge in [0.25, 0.3) is 0 Å². The number of nitrogens with one attached hydrogen (secondary N) is 1. The lowest BCUT2D eigenvalue weighted by atomic mass is 9.76. The molecule has 1 fully saturated rings. The Balaban J connectivity index is 1.48. The third-order valence-corrected chi connectivity index (χ3v) is 7.29.